The van der Waals surface area contributed by atoms with Gasteiger partial charge in [-0.1, -0.05) is 30.7 Å². The molecule has 0 aliphatic carbocycles. The SMILES string of the molecule is Cc1cccc(-c2ccn(-c3cc(N4CCOCC4)nc(OCC4(C)COC4)n3)n2)c1. The second-order valence-corrected chi connectivity index (χ2v) is 8.57. The maximum absolute atomic E-state index is 6.01. The van der Waals surface area contributed by atoms with Gasteiger partial charge in [-0.15, -0.1) is 0 Å². The number of hydrogen-bond donors (Lipinski definition) is 0. The van der Waals surface area contributed by atoms with Gasteiger partial charge in [-0.3, -0.25) is 0 Å². The highest BCUT2D eigenvalue weighted by molar-refractivity contribution is 5.60. The zero-order valence-corrected chi connectivity index (χ0v) is 18.0. The highest BCUT2D eigenvalue weighted by Gasteiger charge is 2.34. The van der Waals surface area contributed by atoms with Crippen LogP contribution in [-0.2, 0) is 9.47 Å². The molecular weight excluding hydrogens is 394 g/mol. The van der Waals surface area contributed by atoms with Gasteiger partial charge in [0, 0.05) is 36.3 Å². The first-order chi connectivity index (χ1) is 15.1. The monoisotopic (exact) mass is 421 g/mol. The number of hydrogen-bond acceptors (Lipinski definition) is 7. The van der Waals surface area contributed by atoms with Crippen molar-refractivity contribution in [1.82, 2.24) is 19.7 Å². The summed E-state index contributed by atoms with van der Waals surface area (Å²) in [5, 5.41) is 4.76. The summed E-state index contributed by atoms with van der Waals surface area (Å²) in [5.41, 5.74) is 3.20. The predicted octanol–water partition coefficient (Wildman–Crippen LogP) is 2.89. The van der Waals surface area contributed by atoms with Crippen molar-refractivity contribution in [2.75, 3.05) is 51.0 Å². The zero-order chi connectivity index (χ0) is 21.3. The number of aryl methyl sites for hydroxylation is 1. The molecule has 8 nitrogen and oxygen atoms in total. The number of aromatic nitrogens is 4. The molecule has 2 saturated heterocycles. The summed E-state index contributed by atoms with van der Waals surface area (Å²) in [4.78, 5) is 11.5. The quantitative estimate of drug-likeness (QED) is 0.606. The van der Waals surface area contributed by atoms with E-state index in [0.29, 0.717) is 44.9 Å². The summed E-state index contributed by atoms with van der Waals surface area (Å²) in [6.45, 7) is 9.08. The van der Waals surface area contributed by atoms with Gasteiger partial charge in [-0.2, -0.15) is 15.1 Å². The lowest BCUT2D eigenvalue weighted by Gasteiger charge is -2.37. The van der Waals surface area contributed by atoms with Gasteiger partial charge in [0.1, 0.15) is 12.4 Å². The molecule has 0 unspecified atom stereocenters. The number of nitrogens with zero attached hydrogens (tertiary/aromatic N) is 5. The Hall–Kier alpha value is -2.97. The van der Waals surface area contributed by atoms with Crippen molar-refractivity contribution < 1.29 is 14.2 Å². The van der Waals surface area contributed by atoms with E-state index in [1.807, 2.05) is 24.4 Å². The number of benzene rings is 1. The van der Waals surface area contributed by atoms with Crippen molar-refractivity contribution in [3.63, 3.8) is 0 Å². The van der Waals surface area contributed by atoms with Gasteiger partial charge in [0.25, 0.3) is 0 Å². The maximum Gasteiger partial charge on any atom is 0.320 e. The van der Waals surface area contributed by atoms with Crippen LogP contribution in [-0.4, -0.2) is 65.9 Å². The molecule has 2 aliphatic heterocycles. The number of anilines is 1. The highest BCUT2D eigenvalue weighted by atomic mass is 16.5. The molecule has 2 aromatic heterocycles. The molecule has 31 heavy (non-hydrogen) atoms. The predicted molar refractivity (Wildman–Crippen MR) is 117 cm³/mol. The van der Waals surface area contributed by atoms with Crippen LogP contribution in [0.5, 0.6) is 6.01 Å². The van der Waals surface area contributed by atoms with Crippen LogP contribution in [0.25, 0.3) is 17.1 Å². The molecule has 0 saturated carbocycles. The zero-order valence-electron chi connectivity index (χ0n) is 18.0. The Labute approximate surface area is 181 Å². The van der Waals surface area contributed by atoms with E-state index in [9.17, 15) is 0 Å². The average molecular weight is 422 g/mol. The van der Waals surface area contributed by atoms with E-state index in [2.05, 4.69) is 46.9 Å². The van der Waals surface area contributed by atoms with E-state index in [1.165, 1.54) is 5.56 Å². The van der Waals surface area contributed by atoms with Crippen LogP contribution in [0.15, 0.2) is 42.6 Å². The van der Waals surface area contributed by atoms with E-state index >= 15 is 0 Å². The Morgan fingerprint density at radius 3 is 2.58 bits per heavy atom. The summed E-state index contributed by atoms with van der Waals surface area (Å²) in [6, 6.07) is 12.6. The third-order valence-corrected chi connectivity index (χ3v) is 5.60. The summed E-state index contributed by atoms with van der Waals surface area (Å²) in [7, 11) is 0. The van der Waals surface area contributed by atoms with Crippen molar-refractivity contribution >= 4 is 5.82 Å². The Balaban J connectivity index is 1.45. The normalized spacial score (nSPS) is 17.9. The molecule has 0 spiro atoms. The van der Waals surface area contributed by atoms with Crippen LogP contribution in [0.4, 0.5) is 5.82 Å². The second-order valence-electron chi connectivity index (χ2n) is 8.57. The average Bonchev–Trinajstić information content (AvgIpc) is 3.27. The summed E-state index contributed by atoms with van der Waals surface area (Å²) >= 11 is 0. The fourth-order valence-electron chi connectivity index (χ4n) is 3.72. The van der Waals surface area contributed by atoms with Crippen LogP contribution in [0.1, 0.15) is 12.5 Å². The van der Waals surface area contributed by atoms with Crippen LogP contribution in [0.2, 0.25) is 0 Å². The number of ether oxygens (including phenoxy) is 3. The highest BCUT2D eigenvalue weighted by Crippen LogP contribution is 2.28. The summed E-state index contributed by atoms with van der Waals surface area (Å²) in [6.07, 6.45) is 1.92. The lowest BCUT2D eigenvalue weighted by Crippen LogP contribution is -2.44. The molecule has 5 rings (SSSR count). The third-order valence-electron chi connectivity index (χ3n) is 5.60. The molecule has 3 aromatic rings. The molecule has 4 heterocycles. The fraction of sp³-hybridized carbons (Fsp3) is 0.435. The van der Waals surface area contributed by atoms with Gasteiger partial charge in [0.2, 0.25) is 0 Å². The van der Waals surface area contributed by atoms with E-state index in [0.717, 1.165) is 30.2 Å². The molecule has 0 radical (unpaired) electrons. The first-order valence-electron chi connectivity index (χ1n) is 10.6. The van der Waals surface area contributed by atoms with Gasteiger partial charge in [0.05, 0.1) is 32.1 Å². The molecule has 0 N–H and O–H groups in total. The Kier molecular flexibility index (Phi) is 5.33. The molecule has 0 atom stereocenters. The second kappa shape index (κ2) is 8.28. The van der Waals surface area contributed by atoms with Gasteiger partial charge in [-0.25, -0.2) is 4.68 Å². The molecule has 162 valence electrons. The Morgan fingerprint density at radius 2 is 1.84 bits per heavy atom. The summed E-state index contributed by atoms with van der Waals surface area (Å²) < 4.78 is 18.6. The first kappa shape index (κ1) is 20.0. The van der Waals surface area contributed by atoms with Crippen LogP contribution >= 0.6 is 0 Å². The van der Waals surface area contributed by atoms with E-state index in [1.54, 1.807) is 4.68 Å². The van der Waals surface area contributed by atoms with Crippen molar-refractivity contribution in [1.29, 1.82) is 0 Å². The topological polar surface area (TPSA) is 74.5 Å². The van der Waals surface area contributed by atoms with Crippen molar-refractivity contribution in [2.45, 2.75) is 13.8 Å². The molecule has 2 fully saturated rings. The van der Waals surface area contributed by atoms with E-state index in [-0.39, 0.29) is 5.41 Å². The van der Waals surface area contributed by atoms with E-state index in [4.69, 9.17) is 19.3 Å². The Bertz CT molecular complexity index is 1060. The van der Waals surface area contributed by atoms with Gasteiger partial charge < -0.3 is 19.1 Å². The Morgan fingerprint density at radius 1 is 1.03 bits per heavy atom. The van der Waals surface area contributed by atoms with Crippen LogP contribution in [0.3, 0.4) is 0 Å². The number of morpholine rings is 1. The minimum Gasteiger partial charge on any atom is -0.463 e. The minimum absolute atomic E-state index is 0.0164. The summed E-state index contributed by atoms with van der Waals surface area (Å²) in [5.74, 6) is 1.51. The van der Waals surface area contributed by atoms with Gasteiger partial charge >= 0.3 is 6.01 Å². The van der Waals surface area contributed by atoms with Gasteiger partial charge in [-0.05, 0) is 19.1 Å². The lowest BCUT2D eigenvalue weighted by molar-refractivity contribution is -0.121. The van der Waals surface area contributed by atoms with Crippen LogP contribution in [0, 0.1) is 12.3 Å². The molecule has 2 aliphatic rings. The largest absolute Gasteiger partial charge is 0.463 e. The first-order valence-corrected chi connectivity index (χ1v) is 10.6. The molecule has 1 aromatic carbocycles. The molecule has 8 heteroatoms. The molecule has 0 bridgehead atoms. The third kappa shape index (κ3) is 4.40. The van der Waals surface area contributed by atoms with Crippen LogP contribution < -0.4 is 9.64 Å². The van der Waals surface area contributed by atoms with Crippen molar-refractivity contribution in [2.24, 2.45) is 5.41 Å². The smallest absolute Gasteiger partial charge is 0.320 e. The maximum atomic E-state index is 6.01. The minimum atomic E-state index is 0.0164. The van der Waals surface area contributed by atoms with E-state index < -0.39 is 0 Å². The lowest BCUT2D eigenvalue weighted by atomic mass is 9.90. The molecule has 0 amide bonds. The standard InChI is InChI=1S/C23H27N5O3/c1-17-4-3-5-18(12-17)19-6-7-28(26-19)21-13-20(27-8-10-29-11-9-27)24-22(25-21)31-16-23(2)14-30-15-23/h3-7,12-13H,8-11,14-16H2,1-2H3. The molecular formula is C23H27N5O3. The van der Waals surface area contributed by atoms with Crippen molar-refractivity contribution in [3.05, 3.63) is 48.2 Å². The number of rotatable bonds is 6. The van der Waals surface area contributed by atoms with Gasteiger partial charge in [0.15, 0.2) is 5.82 Å². The fourth-order valence-corrected chi connectivity index (χ4v) is 3.72. The van der Waals surface area contributed by atoms with Crippen molar-refractivity contribution in [3.8, 4) is 23.1 Å².